The summed E-state index contributed by atoms with van der Waals surface area (Å²) >= 11 is 0. The first-order valence-electron chi connectivity index (χ1n) is 7.83. The number of rotatable bonds is 4. The van der Waals surface area contributed by atoms with Crippen molar-refractivity contribution < 1.29 is 23.8 Å². The molecule has 0 unspecified atom stereocenters. The predicted molar refractivity (Wildman–Crippen MR) is 88.1 cm³/mol. The Morgan fingerprint density at radius 1 is 1.25 bits per heavy atom. The van der Waals surface area contributed by atoms with Crippen LogP contribution in [0.15, 0.2) is 41.6 Å². The Bertz CT molecular complexity index is 622. The molecule has 0 aromatic heterocycles. The van der Waals surface area contributed by atoms with Gasteiger partial charge in [0.05, 0.1) is 19.3 Å². The van der Waals surface area contributed by atoms with Gasteiger partial charge in [0, 0.05) is 0 Å². The molecular formula is C18H23NO5. The topological polar surface area (TPSA) is 73.9 Å². The molecule has 0 bridgehead atoms. The van der Waals surface area contributed by atoms with Crippen LogP contribution in [0.1, 0.15) is 32.3 Å². The predicted octanol–water partition coefficient (Wildman–Crippen LogP) is 2.93. The fourth-order valence-corrected chi connectivity index (χ4v) is 2.56. The molecule has 1 aromatic rings. The summed E-state index contributed by atoms with van der Waals surface area (Å²) in [5, 5.41) is 2.53. The Hall–Kier alpha value is -2.34. The number of benzene rings is 1. The second-order valence-electron chi connectivity index (χ2n) is 6.19. The van der Waals surface area contributed by atoms with Gasteiger partial charge in [-0.25, -0.2) is 9.59 Å². The number of methoxy groups -OCH3 is 1. The van der Waals surface area contributed by atoms with Gasteiger partial charge in [0.15, 0.2) is 0 Å². The van der Waals surface area contributed by atoms with Crippen LogP contribution in [0.4, 0.5) is 4.79 Å². The van der Waals surface area contributed by atoms with Crippen LogP contribution in [0.3, 0.4) is 0 Å². The summed E-state index contributed by atoms with van der Waals surface area (Å²) in [5.41, 5.74) is 1.43. The molecule has 1 N–H and O–H groups in total. The number of esters is 1. The number of nitrogens with one attached hydrogen (secondary N) is 1. The summed E-state index contributed by atoms with van der Waals surface area (Å²) in [6.45, 7) is 4.50. The quantitative estimate of drug-likeness (QED) is 0.677. The summed E-state index contributed by atoms with van der Waals surface area (Å²) in [6.07, 6.45) is 0.416. The zero-order valence-electron chi connectivity index (χ0n) is 14.3. The molecule has 1 aromatic carbocycles. The molecule has 130 valence electrons. The summed E-state index contributed by atoms with van der Waals surface area (Å²) in [7, 11) is 1.28. The van der Waals surface area contributed by atoms with Crippen LogP contribution in [0.5, 0.6) is 0 Å². The minimum absolute atomic E-state index is 0.130. The molecule has 1 amide bonds. The molecule has 1 heterocycles. The molecule has 0 aliphatic carbocycles. The van der Waals surface area contributed by atoms with Crippen molar-refractivity contribution in [2.45, 2.75) is 38.9 Å². The molecule has 1 aliphatic rings. The van der Waals surface area contributed by atoms with Crippen molar-refractivity contribution in [3.8, 4) is 0 Å². The van der Waals surface area contributed by atoms with Crippen LogP contribution in [0, 0.1) is 0 Å². The number of hydrogen-bond donors (Lipinski definition) is 1. The highest BCUT2D eigenvalue weighted by Crippen LogP contribution is 2.29. The molecule has 1 saturated heterocycles. The maximum Gasteiger partial charge on any atom is 0.412 e. The van der Waals surface area contributed by atoms with Gasteiger partial charge >= 0.3 is 12.1 Å². The minimum atomic E-state index is -0.684. The van der Waals surface area contributed by atoms with Crippen LogP contribution in [0.2, 0.25) is 0 Å². The average molecular weight is 333 g/mol. The molecule has 6 nitrogen and oxygen atoms in total. The van der Waals surface area contributed by atoms with Gasteiger partial charge in [-0.05, 0) is 37.8 Å². The van der Waals surface area contributed by atoms with Gasteiger partial charge < -0.3 is 14.2 Å². The summed E-state index contributed by atoms with van der Waals surface area (Å²) in [5.74, 6) is -0.584. The van der Waals surface area contributed by atoms with E-state index in [-0.39, 0.29) is 17.9 Å². The van der Waals surface area contributed by atoms with E-state index in [1.165, 1.54) is 7.11 Å². The summed E-state index contributed by atoms with van der Waals surface area (Å²) < 4.78 is 15.6. The number of ether oxygens (including phenoxy) is 3. The van der Waals surface area contributed by atoms with E-state index in [2.05, 4.69) is 5.32 Å². The maximum absolute atomic E-state index is 12.0. The molecular weight excluding hydrogens is 310 g/mol. The molecule has 24 heavy (non-hydrogen) atoms. The smallest absolute Gasteiger partial charge is 0.412 e. The number of amides is 1. The fourth-order valence-electron chi connectivity index (χ4n) is 2.56. The van der Waals surface area contributed by atoms with Crippen molar-refractivity contribution in [1.82, 2.24) is 5.32 Å². The van der Waals surface area contributed by atoms with Crippen LogP contribution in [-0.2, 0) is 25.6 Å². The van der Waals surface area contributed by atoms with Crippen molar-refractivity contribution in [2.24, 2.45) is 0 Å². The van der Waals surface area contributed by atoms with E-state index in [1.807, 2.05) is 44.2 Å². The Labute approximate surface area is 141 Å². The summed E-state index contributed by atoms with van der Waals surface area (Å²) in [6, 6.07) is 9.32. The van der Waals surface area contributed by atoms with Crippen molar-refractivity contribution in [2.75, 3.05) is 13.7 Å². The van der Waals surface area contributed by atoms with Gasteiger partial charge in [0.25, 0.3) is 0 Å². The fraction of sp³-hybridized carbons (Fsp3) is 0.444. The average Bonchev–Trinajstić information content (AvgIpc) is 2.57. The third kappa shape index (κ3) is 5.09. The monoisotopic (exact) mass is 333 g/mol. The highest BCUT2D eigenvalue weighted by Gasteiger charge is 2.30. The maximum atomic E-state index is 12.0. The number of carbonyl (C=O) groups is 2. The molecule has 1 aliphatic heterocycles. The summed E-state index contributed by atoms with van der Waals surface area (Å²) in [4.78, 5) is 24.1. The Morgan fingerprint density at radius 2 is 1.96 bits per heavy atom. The third-order valence-corrected chi connectivity index (χ3v) is 3.72. The molecule has 0 radical (unpaired) electrons. The van der Waals surface area contributed by atoms with E-state index >= 15 is 0 Å². The largest absolute Gasteiger partial charge is 0.464 e. The van der Waals surface area contributed by atoms with Crippen molar-refractivity contribution in [1.29, 1.82) is 0 Å². The Morgan fingerprint density at radius 3 is 2.58 bits per heavy atom. The first kappa shape index (κ1) is 18.0. The van der Waals surface area contributed by atoms with E-state index in [9.17, 15) is 9.59 Å². The standard InChI is InChI=1S/C18H23NO5/c1-18(2)11-14(9-10-24-18)15(16(20)22-3)19-17(21)23-12-13-7-5-4-6-8-13/h4-8H,9-12H2,1-3H3,(H,19,21). The van der Waals surface area contributed by atoms with Gasteiger partial charge in [-0.3, -0.25) is 5.32 Å². The lowest BCUT2D eigenvalue weighted by molar-refractivity contribution is -0.136. The third-order valence-electron chi connectivity index (χ3n) is 3.72. The Kier molecular flexibility index (Phi) is 5.98. The Balaban J connectivity index is 2.06. The van der Waals surface area contributed by atoms with Crippen LogP contribution >= 0.6 is 0 Å². The van der Waals surface area contributed by atoms with Crippen molar-refractivity contribution >= 4 is 12.1 Å². The van der Waals surface area contributed by atoms with Gasteiger partial charge in [0.2, 0.25) is 0 Å². The minimum Gasteiger partial charge on any atom is -0.464 e. The molecule has 0 saturated carbocycles. The number of alkyl carbamates (subject to hydrolysis) is 1. The number of carbonyl (C=O) groups excluding carboxylic acids is 2. The highest BCUT2D eigenvalue weighted by molar-refractivity contribution is 5.93. The van der Waals surface area contributed by atoms with E-state index in [0.29, 0.717) is 19.4 Å². The molecule has 2 rings (SSSR count). The lowest BCUT2D eigenvalue weighted by Gasteiger charge is -2.32. The van der Waals surface area contributed by atoms with Crippen molar-refractivity contribution in [3.63, 3.8) is 0 Å². The van der Waals surface area contributed by atoms with E-state index < -0.39 is 12.1 Å². The second kappa shape index (κ2) is 7.97. The van der Waals surface area contributed by atoms with E-state index in [0.717, 1.165) is 11.1 Å². The zero-order chi connectivity index (χ0) is 17.6. The first-order valence-corrected chi connectivity index (χ1v) is 7.83. The van der Waals surface area contributed by atoms with Crippen LogP contribution in [-0.4, -0.2) is 31.4 Å². The number of hydrogen-bond acceptors (Lipinski definition) is 5. The molecule has 0 spiro atoms. The van der Waals surface area contributed by atoms with Gasteiger partial charge in [-0.2, -0.15) is 0 Å². The van der Waals surface area contributed by atoms with Gasteiger partial charge in [0.1, 0.15) is 12.3 Å². The van der Waals surface area contributed by atoms with E-state index in [1.54, 1.807) is 0 Å². The molecule has 0 atom stereocenters. The highest BCUT2D eigenvalue weighted by atomic mass is 16.6. The normalized spacial score (nSPS) is 18.5. The molecule has 6 heteroatoms. The second-order valence-corrected chi connectivity index (χ2v) is 6.19. The molecule has 1 fully saturated rings. The van der Waals surface area contributed by atoms with E-state index in [4.69, 9.17) is 14.2 Å². The van der Waals surface area contributed by atoms with Gasteiger partial charge in [-0.15, -0.1) is 0 Å². The van der Waals surface area contributed by atoms with Crippen LogP contribution < -0.4 is 5.32 Å². The van der Waals surface area contributed by atoms with Crippen LogP contribution in [0.25, 0.3) is 0 Å². The lowest BCUT2D eigenvalue weighted by Crippen LogP contribution is -2.35. The first-order chi connectivity index (χ1) is 11.4. The lowest BCUT2D eigenvalue weighted by atomic mass is 9.92. The van der Waals surface area contributed by atoms with Crippen molar-refractivity contribution in [3.05, 3.63) is 47.2 Å². The zero-order valence-corrected chi connectivity index (χ0v) is 14.3. The SMILES string of the molecule is COC(=O)C(NC(=O)OCc1ccccc1)=C1CCOC(C)(C)C1. The van der Waals surface area contributed by atoms with Gasteiger partial charge in [-0.1, -0.05) is 30.3 Å².